The standard InChI is InChI=1S/C19H22Cl2N2O2.ClH/c1-23(18(24)13-22-11-12-25-2)19(14-3-7-16(20)8-4-14)15-5-9-17(21)10-6-15;/h3-10,19,22H,11-13H2,1-2H3;1H. The summed E-state index contributed by atoms with van der Waals surface area (Å²) in [7, 11) is 3.43. The van der Waals surface area contributed by atoms with Crippen molar-refractivity contribution in [3.05, 3.63) is 69.7 Å². The molecule has 0 aliphatic carbocycles. The average Bonchev–Trinajstić information content (AvgIpc) is 2.62. The number of rotatable bonds is 8. The van der Waals surface area contributed by atoms with E-state index in [1.165, 1.54) is 0 Å². The quantitative estimate of drug-likeness (QED) is 0.655. The largest absolute Gasteiger partial charge is 0.383 e. The summed E-state index contributed by atoms with van der Waals surface area (Å²) in [6.07, 6.45) is 0. The van der Waals surface area contributed by atoms with Crippen LogP contribution in [0.1, 0.15) is 17.2 Å². The number of amides is 1. The molecule has 1 amide bonds. The van der Waals surface area contributed by atoms with Crippen LogP contribution in [0.25, 0.3) is 0 Å². The maximum atomic E-state index is 12.6. The van der Waals surface area contributed by atoms with E-state index < -0.39 is 0 Å². The third kappa shape index (κ3) is 6.45. The molecule has 26 heavy (non-hydrogen) atoms. The van der Waals surface area contributed by atoms with E-state index in [0.29, 0.717) is 23.2 Å². The average molecular weight is 418 g/mol. The lowest BCUT2D eigenvalue weighted by molar-refractivity contribution is -0.130. The molecule has 142 valence electrons. The van der Waals surface area contributed by atoms with Crippen LogP contribution in [0.5, 0.6) is 0 Å². The van der Waals surface area contributed by atoms with E-state index >= 15 is 0 Å². The molecule has 0 aliphatic heterocycles. The topological polar surface area (TPSA) is 41.6 Å². The molecular formula is C19H23Cl3N2O2. The van der Waals surface area contributed by atoms with Gasteiger partial charge < -0.3 is 15.0 Å². The molecule has 2 aromatic rings. The van der Waals surface area contributed by atoms with E-state index in [9.17, 15) is 4.79 Å². The lowest BCUT2D eigenvalue weighted by atomic mass is 9.97. The maximum Gasteiger partial charge on any atom is 0.237 e. The smallest absolute Gasteiger partial charge is 0.237 e. The van der Waals surface area contributed by atoms with E-state index in [0.717, 1.165) is 11.1 Å². The van der Waals surface area contributed by atoms with Gasteiger partial charge in [0.25, 0.3) is 0 Å². The van der Waals surface area contributed by atoms with Crippen LogP contribution >= 0.6 is 35.6 Å². The van der Waals surface area contributed by atoms with E-state index in [1.807, 2.05) is 48.5 Å². The molecule has 0 fully saturated rings. The third-order valence-electron chi connectivity index (χ3n) is 3.91. The number of likely N-dealkylation sites (N-methyl/N-ethyl adjacent to an activating group) is 1. The molecule has 0 saturated carbocycles. The number of nitrogens with zero attached hydrogens (tertiary/aromatic N) is 1. The first-order valence-corrected chi connectivity index (χ1v) is 8.74. The van der Waals surface area contributed by atoms with Crippen LogP contribution in [0.3, 0.4) is 0 Å². The predicted molar refractivity (Wildman–Crippen MR) is 110 cm³/mol. The van der Waals surface area contributed by atoms with Crippen LogP contribution in [0.2, 0.25) is 10.0 Å². The molecule has 0 unspecified atom stereocenters. The van der Waals surface area contributed by atoms with Gasteiger partial charge in [0.05, 0.1) is 19.2 Å². The molecular weight excluding hydrogens is 395 g/mol. The van der Waals surface area contributed by atoms with Crippen LogP contribution in [0.15, 0.2) is 48.5 Å². The number of carbonyl (C=O) groups is 1. The highest BCUT2D eigenvalue weighted by molar-refractivity contribution is 6.30. The first kappa shape index (κ1) is 22.7. The van der Waals surface area contributed by atoms with Gasteiger partial charge in [-0.05, 0) is 35.4 Å². The number of hydrogen-bond acceptors (Lipinski definition) is 3. The fourth-order valence-corrected chi connectivity index (χ4v) is 2.82. The van der Waals surface area contributed by atoms with Crippen molar-refractivity contribution >= 4 is 41.5 Å². The minimum absolute atomic E-state index is 0. The van der Waals surface area contributed by atoms with Gasteiger partial charge in [-0.25, -0.2) is 0 Å². The van der Waals surface area contributed by atoms with E-state index in [2.05, 4.69) is 5.32 Å². The molecule has 0 saturated heterocycles. The van der Waals surface area contributed by atoms with Crippen LogP contribution in [0, 0.1) is 0 Å². The molecule has 2 aromatic carbocycles. The number of hydrogen-bond donors (Lipinski definition) is 1. The van der Waals surface area contributed by atoms with E-state index in [4.69, 9.17) is 27.9 Å². The second kappa shape index (κ2) is 11.4. The van der Waals surface area contributed by atoms with E-state index in [-0.39, 0.29) is 30.9 Å². The maximum absolute atomic E-state index is 12.6. The normalized spacial score (nSPS) is 10.5. The lowest BCUT2D eigenvalue weighted by Crippen LogP contribution is -2.39. The highest BCUT2D eigenvalue weighted by Crippen LogP contribution is 2.29. The zero-order valence-electron chi connectivity index (χ0n) is 14.7. The summed E-state index contributed by atoms with van der Waals surface area (Å²) in [5.74, 6) is -0.00833. The van der Waals surface area contributed by atoms with E-state index in [1.54, 1.807) is 19.1 Å². The van der Waals surface area contributed by atoms with Crippen molar-refractivity contribution in [3.8, 4) is 0 Å². The van der Waals surface area contributed by atoms with Crippen molar-refractivity contribution in [2.45, 2.75) is 6.04 Å². The fraction of sp³-hybridized carbons (Fsp3) is 0.316. The summed E-state index contributed by atoms with van der Waals surface area (Å²) in [6, 6.07) is 14.8. The van der Waals surface area contributed by atoms with Crippen molar-refractivity contribution in [2.24, 2.45) is 0 Å². The molecule has 2 rings (SSSR count). The molecule has 4 nitrogen and oxygen atoms in total. The summed E-state index contributed by atoms with van der Waals surface area (Å²) < 4.78 is 4.98. The van der Waals surface area contributed by atoms with Crippen molar-refractivity contribution in [1.82, 2.24) is 10.2 Å². The monoisotopic (exact) mass is 416 g/mol. The Hall–Kier alpha value is -1.30. The molecule has 0 atom stereocenters. The van der Waals surface area contributed by atoms with Crippen LogP contribution in [0.4, 0.5) is 0 Å². The number of benzene rings is 2. The van der Waals surface area contributed by atoms with Crippen molar-refractivity contribution < 1.29 is 9.53 Å². The zero-order valence-corrected chi connectivity index (χ0v) is 17.1. The Labute approximate surface area is 170 Å². The lowest BCUT2D eigenvalue weighted by Gasteiger charge is -2.29. The fourth-order valence-electron chi connectivity index (χ4n) is 2.57. The molecule has 1 N–H and O–H groups in total. The molecule has 0 heterocycles. The van der Waals surface area contributed by atoms with Gasteiger partial charge in [0, 0.05) is 30.7 Å². The number of carbonyl (C=O) groups excluding carboxylic acids is 1. The van der Waals surface area contributed by atoms with Crippen LogP contribution in [-0.4, -0.2) is 44.7 Å². The predicted octanol–water partition coefficient (Wildman–Crippen LogP) is 4.20. The third-order valence-corrected chi connectivity index (χ3v) is 4.42. The number of nitrogens with one attached hydrogen (secondary N) is 1. The Morgan fingerprint density at radius 2 is 1.50 bits per heavy atom. The van der Waals surface area contributed by atoms with Crippen molar-refractivity contribution in [2.75, 3.05) is 33.9 Å². The summed E-state index contributed by atoms with van der Waals surface area (Å²) in [6.45, 7) is 1.44. The Bertz CT molecular complexity index is 633. The second-order valence-corrected chi connectivity index (χ2v) is 6.55. The minimum atomic E-state index is -0.216. The Morgan fingerprint density at radius 3 is 1.92 bits per heavy atom. The van der Waals surface area contributed by atoms with Crippen molar-refractivity contribution in [1.29, 1.82) is 0 Å². The summed E-state index contributed by atoms with van der Waals surface area (Å²) >= 11 is 12.0. The van der Waals surface area contributed by atoms with Gasteiger partial charge in [0.1, 0.15) is 0 Å². The first-order chi connectivity index (χ1) is 12.0. The minimum Gasteiger partial charge on any atom is -0.383 e. The zero-order chi connectivity index (χ0) is 18.2. The summed E-state index contributed by atoms with van der Waals surface area (Å²) in [4.78, 5) is 14.3. The van der Waals surface area contributed by atoms with Crippen molar-refractivity contribution in [3.63, 3.8) is 0 Å². The van der Waals surface area contributed by atoms with Gasteiger partial charge >= 0.3 is 0 Å². The summed E-state index contributed by atoms with van der Waals surface area (Å²) in [5.41, 5.74) is 1.97. The van der Waals surface area contributed by atoms with Crippen LogP contribution in [-0.2, 0) is 9.53 Å². The van der Waals surface area contributed by atoms with Gasteiger partial charge in [0.15, 0.2) is 0 Å². The second-order valence-electron chi connectivity index (χ2n) is 5.68. The van der Waals surface area contributed by atoms with Gasteiger partial charge in [-0.15, -0.1) is 12.4 Å². The van der Waals surface area contributed by atoms with Crippen LogP contribution < -0.4 is 5.32 Å². The highest BCUT2D eigenvalue weighted by atomic mass is 35.5. The number of methoxy groups -OCH3 is 1. The Morgan fingerprint density at radius 1 is 1.04 bits per heavy atom. The first-order valence-electron chi connectivity index (χ1n) is 7.99. The van der Waals surface area contributed by atoms with Gasteiger partial charge in [-0.1, -0.05) is 47.5 Å². The molecule has 0 spiro atoms. The van der Waals surface area contributed by atoms with Gasteiger partial charge in [-0.3, -0.25) is 4.79 Å². The molecule has 0 radical (unpaired) electrons. The van der Waals surface area contributed by atoms with Gasteiger partial charge in [-0.2, -0.15) is 0 Å². The molecule has 0 aliphatic rings. The molecule has 7 heteroatoms. The van der Waals surface area contributed by atoms with Gasteiger partial charge in [0.2, 0.25) is 5.91 Å². The Kier molecular flexibility index (Phi) is 9.99. The Balaban J connectivity index is 0.00000338. The SMILES string of the molecule is COCCNCC(=O)N(C)C(c1ccc(Cl)cc1)c1ccc(Cl)cc1.Cl. The number of ether oxygens (including phenoxy) is 1. The number of halogens is 3. The summed E-state index contributed by atoms with van der Waals surface area (Å²) in [5, 5.41) is 4.41. The highest BCUT2D eigenvalue weighted by Gasteiger charge is 2.23. The molecule has 0 aromatic heterocycles. The molecule has 0 bridgehead atoms.